The van der Waals surface area contributed by atoms with Gasteiger partial charge in [-0.05, 0) is 33.7 Å². The Kier molecular flexibility index (Phi) is 6.24. The summed E-state index contributed by atoms with van der Waals surface area (Å²) < 4.78 is 4.96. The molecule has 0 aliphatic heterocycles. The fourth-order valence-electron chi connectivity index (χ4n) is 1.61. The number of hydrogen-bond donors (Lipinski definition) is 3. The Morgan fingerprint density at radius 2 is 1.75 bits per heavy atom. The van der Waals surface area contributed by atoms with Crippen LogP contribution >= 0.6 is 0 Å². The number of rotatable bonds is 7. The zero-order valence-electron chi connectivity index (χ0n) is 10.3. The van der Waals surface area contributed by atoms with E-state index in [4.69, 9.17) is 20.7 Å². The summed E-state index contributed by atoms with van der Waals surface area (Å²) in [6, 6.07) is 2.74. The molecular weight excluding hydrogens is 266 g/mol. The van der Waals surface area contributed by atoms with Crippen LogP contribution in [0, 0.1) is 0 Å². The van der Waals surface area contributed by atoms with Gasteiger partial charge < -0.3 is 19.7 Å². The lowest BCUT2D eigenvalue weighted by Gasteiger charge is -2.14. The molecule has 1 rings (SSSR count). The van der Waals surface area contributed by atoms with Gasteiger partial charge in [-0.3, -0.25) is 0 Å². The molecule has 0 aliphatic rings. The van der Waals surface area contributed by atoms with Gasteiger partial charge in [-0.15, -0.1) is 0 Å². The maximum Gasteiger partial charge on any atom is 0.504 e. The molecule has 1 aromatic carbocycles. The van der Waals surface area contributed by atoms with Gasteiger partial charge in [-0.1, -0.05) is 16.3 Å². The summed E-state index contributed by atoms with van der Waals surface area (Å²) >= 11 is 0. The molecule has 0 unspecified atom stereocenters. The zero-order chi connectivity index (χ0) is 15.0. The first-order valence-corrected chi connectivity index (χ1v) is 5.41. The number of azide groups is 2. The highest BCUT2D eigenvalue weighted by Crippen LogP contribution is 2.21. The van der Waals surface area contributed by atoms with Crippen LogP contribution in [0.2, 0.25) is 0 Å². The van der Waals surface area contributed by atoms with E-state index in [0.717, 1.165) is 0 Å². The monoisotopic (exact) mass is 276 g/mol. The third-order valence-electron chi connectivity index (χ3n) is 2.43. The fraction of sp³-hybridized carbons (Fsp3) is 0.250. The van der Waals surface area contributed by atoms with E-state index in [1.54, 1.807) is 0 Å². The maximum atomic E-state index is 9.30. The molecule has 0 bridgehead atoms. The van der Waals surface area contributed by atoms with Crippen molar-refractivity contribution < 1.29 is 19.7 Å². The van der Waals surface area contributed by atoms with Crippen LogP contribution in [0.3, 0.4) is 0 Å². The SMILES string of the molecule is [N-]=[N+]=NCc1cc(B(O)O)c(CN=[N+]=[N-])cc1OBO. The van der Waals surface area contributed by atoms with Crippen LogP contribution in [0.4, 0.5) is 0 Å². The van der Waals surface area contributed by atoms with Crippen LogP contribution in [-0.2, 0) is 13.1 Å². The summed E-state index contributed by atoms with van der Waals surface area (Å²) in [4.78, 5) is 5.18. The lowest BCUT2D eigenvalue weighted by Crippen LogP contribution is -2.33. The third-order valence-corrected chi connectivity index (χ3v) is 2.43. The van der Waals surface area contributed by atoms with Gasteiger partial charge in [0.05, 0.1) is 13.1 Å². The number of hydrogen-bond acceptors (Lipinski definition) is 6. The Morgan fingerprint density at radius 1 is 1.15 bits per heavy atom. The summed E-state index contributed by atoms with van der Waals surface area (Å²) in [7, 11) is -2.39. The van der Waals surface area contributed by atoms with Crippen LogP contribution in [-0.4, -0.2) is 29.9 Å². The van der Waals surface area contributed by atoms with E-state index in [1.807, 2.05) is 0 Å². The van der Waals surface area contributed by atoms with Crippen molar-refractivity contribution in [2.24, 2.45) is 10.2 Å². The van der Waals surface area contributed by atoms with Crippen molar-refractivity contribution in [1.82, 2.24) is 0 Å². The van der Waals surface area contributed by atoms with Gasteiger partial charge >= 0.3 is 14.8 Å². The van der Waals surface area contributed by atoms with Gasteiger partial charge in [-0.25, -0.2) is 0 Å². The molecule has 1 aromatic rings. The topological polar surface area (TPSA) is 167 Å². The molecule has 0 fully saturated rings. The van der Waals surface area contributed by atoms with Gasteiger partial charge in [0.2, 0.25) is 0 Å². The van der Waals surface area contributed by atoms with E-state index in [9.17, 15) is 10.0 Å². The lowest BCUT2D eigenvalue weighted by atomic mass is 9.76. The van der Waals surface area contributed by atoms with E-state index in [2.05, 4.69) is 20.1 Å². The molecule has 20 heavy (non-hydrogen) atoms. The van der Waals surface area contributed by atoms with Crippen LogP contribution in [0.25, 0.3) is 20.9 Å². The Labute approximate surface area is 114 Å². The molecular formula is C8H10B2N6O4. The van der Waals surface area contributed by atoms with Crippen molar-refractivity contribution in [3.05, 3.63) is 44.1 Å². The van der Waals surface area contributed by atoms with E-state index in [-0.39, 0.29) is 24.3 Å². The standard InChI is InChI=1S/C8H10B2N6O4/c11-15-13-3-5-2-8(20-9-17)6(4-14-16-12)1-7(5)10(18)19/h1-2,9,17-19H,3-4H2. The molecule has 0 amide bonds. The summed E-state index contributed by atoms with van der Waals surface area (Å²) in [5.74, 6) is 0.201. The summed E-state index contributed by atoms with van der Waals surface area (Å²) in [6.07, 6.45) is 0. The van der Waals surface area contributed by atoms with Crippen LogP contribution in [0.15, 0.2) is 22.4 Å². The van der Waals surface area contributed by atoms with Crippen molar-refractivity contribution in [3.8, 4) is 5.75 Å². The molecule has 10 nitrogen and oxygen atoms in total. The molecule has 3 N–H and O–H groups in total. The van der Waals surface area contributed by atoms with E-state index < -0.39 is 14.8 Å². The zero-order valence-corrected chi connectivity index (χ0v) is 10.3. The van der Waals surface area contributed by atoms with Crippen molar-refractivity contribution in [3.63, 3.8) is 0 Å². The summed E-state index contributed by atoms with van der Waals surface area (Å²) in [6.45, 7) is -0.208. The Morgan fingerprint density at radius 3 is 2.25 bits per heavy atom. The molecule has 0 saturated heterocycles. The molecule has 102 valence electrons. The van der Waals surface area contributed by atoms with Crippen molar-refractivity contribution in [2.75, 3.05) is 0 Å². The molecule has 0 radical (unpaired) electrons. The highest BCUT2D eigenvalue weighted by atomic mass is 16.5. The van der Waals surface area contributed by atoms with E-state index in [0.29, 0.717) is 11.1 Å². The fourth-order valence-corrected chi connectivity index (χ4v) is 1.61. The first-order valence-electron chi connectivity index (χ1n) is 5.41. The maximum absolute atomic E-state index is 9.30. The Hall–Kier alpha value is -2.35. The van der Waals surface area contributed by atoms with Crippen LogP contribution in [0.1, 0.15) is 11.1 Å². The second kappa shape index (κ2) is 7.95. The predicted molar refractivity (Wildman–Crippen MR) is 72.0 cm³/mol. The quantitative estimate of drug-likeness (QED) is 0.267. The molecule has 0 spiro atoms. The normalized spacial score (nSPS) is 9.15. The minimum absolute atomic E-state index is 0.0899. The molecule has 0 aromatic heterocycles. The molecule has 0 atom stereocenters. The first kappa shape index (κ1) is 15.7. The average molecular weight is 276 g/mol. The Bertz CT molecular complexity index is 570. The lowest BCUT2D eigenvalue weighted by molar-refractivity contribution is 0.425. The summed E-state index contributed by atoms with van der Waals surface area (Å²) in [5, 5.41) is 34.1. The van der Waals surface area contributed by atoms with Crippen LogP contribution in [0.5, 0.6) is 5.75 Å². The molecule has 12 heteroatoms. The largest absolute Gasteiger partial charge is 0.539 e. The molecule has 0 aliphatic carbocycles. The third kappa shape index (κ3) is 4.09. The second-order valence-electron chi connectivity index (χ2n) is 3.58. The van der Waals surface area contributed by atoms with Crippen LogP contribution < -0.4 is 10.1 Å². The van der Waals surface area contributed by atoms with Gasteiger partial charge in [0.15, 0.2) is 0 Å². The number of benzene rings is 1. The second-order valence-corrected chi connectivity index (χ2v) is 3.58. The summed E-state index contributed by atoms with van der Waals surface area (Å²) in [5.41, 5.74) is 17.4. The minimum Gasteiger partial charge on any atom is -0.539 e. The van der Waals surface area contributed by atoms with Crippen molar-refractivity contribution >= 4 is 20.3 Å². The van der Waals surface area contributed by atoms with Gasteiger partial charge in [0.1, 0.15) is 5.75 Å². The average Bonchev–Trinajstić information content (AvgIpc) is 2.43. The number of nitrogens with zero attached hydrogens (tertiary/aromatic N) is 6. The van der Waals surface area contributed by atoms with Crippen molar-refractivity contribution in [2.45, 2.75) is 13.1 Å². The van der Waals surface area contributed by atoms with E-state index in [1.165, 1.54) is 12.1 Å². The Balaban J connectivity index is 3.32. The van der Waals surface area contributed by atoms with Gasteiger partial charge in [0.25, 0.3) is 0 Å². The molecule has 0 heterocycles. The van der Waals surface area contributed by atoms with E-state index >= 15 is 0 Å². The predicted octanol–water partition coefficient (Wildman–Crippen LogP) is -0.375. The van der Waals surface area contributed by atoms with Crippen molar-refractivity contribution in [1.29, 1.82) is 0 Å². The van der Waals surface area contributed by atoms with Gasteiger partial charge in [0, 0.05) is 9.82 Å². The molecule has 0 saturated carbocycles. The minimum atomic E-state index is -1.79. The smallest absolute Gasteiger partial charge is 0.504 e. The van der Waals surface area contributed by atoms with Gasteiger partial charge in [-0.2, -0.15) is 0 Å². The highest BCUT2D eigenvalue weighted by molar-refractivity contribution is 6.59. The first-order chi connectivity index (χ1) is 9.63. The highest BCUT2D eigenvalue weighted by Gasteiger charge is 2.19.